The Bertz CT molecular complexity index is 427. The van der Waals surface area contributed by atoms with Crippen LogP contribution in [0.3, 0.4) is 0 Å². The van der Waals surface area contributed by atoms with E-state index in [1.165, 1.54) is 0 Å². The minimum atomic E-state index is -4.43. The number of hydrogen-bond donors (Lipinski definition) is 3. The highest BCUT2D eigenvalue weighted by molar-refractivity contribution is 5.50. The average Bonchev–Trinajstić information content (AvgIpc) is 2.37. The third-order valence-electron chi connectivity index (χ3n) is 3.29. The van der Waals surface area contributed by atoms with Crippen molar-refractivity contribution in [3.8, 4) is 0 Å². The molecule has 0 atom stereocenters. The first-order valence-corrected chi connectivity index (χ1v) is 6.08. The summed E-state index contributed by atoms with van der Waals surface area (Å²) in [4.78, 5) is 4.00. The molecule has 0 bridgehead atoms. The van der Waals surface area contributed by atoms with Gasteiger partial charge < -0.3 is 10.7 Å². The fourth-order valence-corrected chi connectivity index (χ4v) is 1.57. The number of rotatable bonds is 5. The van der Waals surface area contributed by atoms with Crippen LogP contribution in [0.5, 0.6) is 0 Å². The first-order valence-electron chi connectivity index (χ1n) is 6.08. The molecule has 0 fully saturated rings. The zero-order chi connectivity index (χ0) is 14.7. The second kappa shape index (κ2) is 5.64. The van der Waals surface area contributed by atoms with E-state index >= 15 is 0 Å². The molecule has 0 aliphatic carbocycles. The largest absolute Gasteiger partial charge is 0.416 e. The highest BCUT2D eigenvalue weighted by Gasteiger charge is 2.32. The standard InChI is InChI=1S/C12H19F3N4/c1-4-11(3,5-2)18-9-6-8(12(13,14)15)7-10(17-9)19-16/h6-7H,4-5,16H2,1-3H3,(H2,17,18,19). The van der Waals surface area contributed by atoms with Gasteiger partial charge in [-0.3, -0.25) is 0 Å². The summed E-state index contributed by atoms with van der Waals surface area (Å²) in [7, 11) is 0. The summed E-state index contributed by atoms with van der Waals surface area (Å²) in [5.41, 5.74) is 1.06. The molecule has 0 aromatic carbocycles. The molecule has 0 saturated carbocycles. The predicted octanol–water partition coefficient (Wildman–Crippen LogP) is 3.38. The van der Waals surface area contributed by atoms with Gasteiger partial charge in [0.25, 0.3) is 0 Å². The Labute approximate surface area is 110 Å². The smallest absolute Gasteiger partial charge is 0.365 e. The Morgan fingerprint density at radius 3 is 2.11 bits per heavy atom. The van der Waals surface area contributed by atoms with Gasteiger partial charge in [0.2, 0.25) is 0 Å². The molecule has 0 aliphatic heterocycles. The summed E-state index contributed by atoms with van der Waals surface area (Å²) in [5, 5.41) is 3.04. The topological polar surface area (TPSA) is 63.0 Å². The Balaban J connectivity index is 3.14. The van der Waals surface area contributed by atoms with Crippen LogP contribution in [-0.2, 0) is 6.18 Å². The molecule has 7 heteroatoms. The van der Waals surface area contributed by atoms with Crippen molar-refractivity contribution in [2.75, 3.05) is 10.7 Å². The summed E-state index contributed by atoms with van der Waals surface area (Å²) < 4.78 is 38.3. The molecule has 0 radical (unpaired) electrons. The van der Waals surface area contributed by atoms with E-state index in [1.807, 2.05) is 20.8 Å². The summed E-state index contributed by atoms with van der Waals surface area (Å²) in [6.45, 7) is 5.86. The van der Waals surface area contributed by atoms with Crippen LogP contribution < -0.4 is 16.6 Å². The monoisotopic (exact) mass is 276 g/mol. The Morgan fingerprint density at radius 2 is 1.68 bits per heavy atom. The quantitative estimate of drug-likeness (QED) is 0.570. The van der Waals surface area contributed by atoms with Crippen molar-refractivity contribution in [1.82, 2.24) is 4.98 Å². The number of hydrogen-bond acceptors (Lipinski definition) is 4. The first-order chi connectivity index (χ1) is 8.74. The van der Waals surface area contributed by atoms with Gasteiger partial charge in [-0.25, -0.2) is 10.8 Å². The Hall–Kier alpha value is -1.50. The zero-order valence-electron chi connectivity index (χ0n) is 11.2. The highest BCUT2D eigenvalue weighted by atomic mass is 19.4. The molecule has 1 rings (SSSR count). The molecule has 0 unspecified atom stereocenters. The van der Waals surface area contributed by atoms with Crippen LogP contribution in [0.2, 0.25) is 0 Å². The summed E-state index contributed by atoms with van der Waals surface area (Å²) in [6.07, 6.45) is -2.89. The molecule has 19 heavy (non-hydrogen) atoms. The number of hydrazine groups is 1. The van der Waals surface area contributed by atoms with Crippen LogP contribution in [-0.4, -0.2) is 10.5 Å². The van der Waals surface area contributed by atoms with Crippen molar-refractivity contribution < 1.29 is 13.2 Å². The van der Waals surface area contributed by atoms with Gasteiger partial charge in [0.1, 0.15) is 11.6 Å². The van der Waals surface area contributed by atoms with Crippen molar-refractivity contribution in [3.05, 3.63) is 17.7 Å². The molecule has 1 heterocycles. The van der Waals surface area contributed by atoms with E-state index < -0.39 is 11.7 Å². The van der Waals surface area contributed by atoms with Gasteiger partial charge in [-0.2, -0.15) is 13.2 Å². The van der Waals surface area contributed by atoms with Crippen LogP contribution in [0.15, 0.2) is 12.1 Å². The number of aromatic nitrogens is 1. The molecular formula is C12H19F3N4. The molecule has 4 N–H and O–H groups in total. The van der Waals surface area contributed by atoms with Crippen molar-refractivity contribution in [3.63, 3.8) is 0 Å². The molecule has 0 amide bonds. The second-order valence-corrected chi connectivity index (χ2v) is 4.66. The van der Waals surface area contributed by atoms with E-state index in [0.29, 0.717) is 0 Å². The Morgan fingerprint density at radius 1 is 1.16 bits per heavy atom. The van der Waals surface area contributed by atoms with Gasteiger partial charge in [0, 0.05) is 5.54 Å². The molecule has 1 aromatic rings. The maximum absolute atomic E-state index is 12.8. The van der Waals surface area contributed by atoms with E-state index in [2.05, 4.69) is 15.7 Å². The van der Waals surface area contributed by atoms with Crippen LogP contribution in [0.25, 0.3) is 0 Å². The fourth-order valence-electron chi connectivity index (χ4n) is 1.57. The summed E-state index contributed by atoms with van der Waals surface area (Å²) in [6, 6.07) is 1.87. The third kappa shape index (κ3) is 3.99. The SMILES string of the molecule is CCC(C)(CC)Nc1cc(C(F)(F)F)cc(NN)n1. The number of pyridine rings is 1. The van der Waals surface area contributed by atoms with Gasteiger partial charge in [0.15, 0.2) is 0 Å². The number of nitrogens with two attached hydrogens (primary N) is 1. The minimum absolute atomic E-state index is 0.0214. The van der Waals surface area contributed by atoms with Gasteiger partial charge in [-0.1, -0.05) is 13.8 Å². The molecule has 4 nitrogen and oxygen atoms in total. The lowest BCUT2D eigenvalue weighted by atomic mass is 9.95. The second-order valence-electron chi connectivity index (χ2n) is 4.66. The molecule has 1 aromatic heterocycles. The summed E-state index contributed by atoms with van der Waals surface area (Å²) in [5.74, 6) is 5.29. The van der Waals surface area contributed by atoms with Crippen molar-refractivity contribution >= 4 is 11.6 Å². The maximum atomic E-state index is 12.8. The van der Waals surface area contributed by atoms with E-state index in [0.717, 1.165) is 25.0 Å². The van der Waals surface area contributed by atoms with Crippen LogP contribution in [0.1, 0.15) is 39.2 Å². The molecule has 0 saturated heterocycles. The number of nitrogens with one attached hydrogen (secondary N) is 2. The van der Waals surface area contributed by atoms with Crippen molar-refractivity contribution in [1.29, 1.82) is 0 Å². The molecule has 0 spiro atoms. The number of halogens is 3. The lowest BCUT2D eigenvalue weighted by Crippen LogP contribution is -2.33. The number of alkyl halides is 3. The van der Waals surface area contributed by atoms with Gasteiger partial charge in [0.05, 0.1) is 5.56 Å². The molecular weight excluding hydrogens is 257 g/mol. The van der Waals surface area contributed by atoms with E-state index in [-0.39, 0.29) is 17.2 Å². The van der Waals surface area contributed by atoms with Crippen LogP contribution >= 0.6 is 0 Å². The van der Waals surface area contributed by atoms with Crippen LogP contribution in [0.4, 0.5) is 24.8 Å². The zero-order valence-corrected chi connectivity index (χ0v) is 11.2. The predicted molar refractivity (Wildman–Crippen MR) is 69.7 cm³/mol. The van der Waals surface area contributed by atoms with E-state index in [9.17, 15) is 13.2 Å². The van der Waals surface area contributed by atoms with Crippen molar-refractivity contribution in [2.45, 2.75) is 45.3 Å². The van der Waals surface area contributed by atoms with Gasteiger partial charge >= 0.3 is 6.18 Å². The third-order valence-corrected chi connectivity index (χ3v) is 3.29. The number of nitrogen functional groups attached to an aromatic ring is 1. The van der Waals surface area contributed by atoms with Gasteiger partial charge in [-0.05, 0) is 31.9 Å². The number of nitrogens with zero attached hydrogens (tertiary/aromatic N) is 1. The van der Waals surface area contributed by atoms with Gasteiger partial charge in [-0.15, -0.1) is 0 Å². The maximum Gasteiger partial charge on any atom is 0.416 e. The van der Waals surface area contributed by atoms with Crippen LogP contribution in [0, 0.1) is 0 Å². The lowest BCUT2D eigenvalue weighted by Gasteiger charge is -2.29. The highest BCUT2D eigenvalue weighted by Crippen LogP contribution is 2.33. The van der Waals surface area contributed by atoms with E-state index in [1.54, 1.807) is 0 Å². The number of anilines is 2. The Kier molecular flexibility index (Phi) is 4.62. The first kappa shape index (κ1) is 15.6. The van der Waals surface area contributed by atoms with Crippen molar-refractivity contribution in [2.24, 2.45) is 5.84 Å². The summed E-state index contributed by atoms with van der Waals surface area (Å²) >= 11 is 0. The minimum Gasteiger partial charge on any atom is -0.365 e. The molecule has 108 valence electrons. The lowest BCUT2D eigenvalue weighted by molar-refractivity contribution is -0.137. The average molecular weight is 276 g/mol. The van der Waals surface area contributed by atoms with E-state index in [4.69, 9.17) is 5.84 Å². The molecule has 0 aliphatic rings. The normalized spacial score (nSPS) is 12.4. The fraction of sp³-hybridized carbons (Fsp3) is 0.583.